The number of benzene rings is 1. The predicted octanol–water partition coefficient (Wildman–Crippen LogP) is 6.59. The minimum absolute atomic E-state index is 0.0324. The molecule has 0 heterocycles. The molecule has 3 heteroatoms. The summed E-state index contributed by atoms with van der Waals surface area (Å²) in [7, 11) is 0. The summed E-state index contributed by atoms with van der Waals surface area (Å²) in [5.74, 6) is 0.755. The number of rotatable bonds is 6. The molecule has 0 N–H and O–H groups in total. The molecule has 1 aliphatic rings. The average molecular weight is 322 g/mol. The van der Waals surface area contributed by atoms with Gasteiger partial charge in [-0.15, -0.1) is 0 Å². The summed E-state index contributed by atoms with van der Waals surface area (Å²) in [6.07, 6.45) is 11.4. The molecule has 0 spiro atoms. The van der Waals surface area contributed by atoms with Gasteiger partial charge in [-0.05, 0) is 55.2 Å². The van der Waals surface area contributed by atoms with Gasteiger partial charge in [-0.1, -0.05) is 50.6 Å². The molecule has 1 fully saturated rings. The number of hydrogen-bond acceptors (Lipinski definition) is 1. The zero-order valence-electron chi connectivity index (χ0n) is 13.4. The van der Waals surface area contributed by atoms with Crippen LogP contribution in [0.4, 0.5) is 4.39 Å². The van der Waals surface area contributed by atoms with E-state index in [1.165, 1.54) is 51.0 Å². The molecule has 1 aliphatic carbocycles. The largest absolute Gasteiger partial charge is 0.205 e. The molecular weight excluding hydrogens is 297 g/mol. The molecule has 1 aromatic rings. The normalized spacial score (nSPS) is 21.5. The highest BCUT2D eigenvalue weighted by molar-refractivity contribution is 6.31. The number of unbranched alkanes of at least 4 members (excludes halogenated alkanes) is 3. The van der Waals surface area contributed by atoms with Crippen LogP contribution in [0.25, 0.3) is 0 Å². The molecule has 2 rings (SSSR count). The molecule has 1 aromatic carbocycles. The Morgan fingerprint density at radius 1 is 1.18 bits per heavy atom. The maximum absolute atomic E-state index is 13.9. The molecule has 1 saturated carbocycles. The second-order valence-corrected chi connectivity index (χ2v) is 6.95. The summed E-state index contributed by atoms with van der Waals surface area (Å²) in [4.78, 5) is 0. The van der Waals surface area contributed by atoms with E-state index in [2.05, 4.69) is 6.92 Å². The van der Waals surface area contributed by atoms with Crippen molar-refractivity contribution >= 4 is 11.6 Å². The Morgan fingerprint density at radius 2 is 1.91 bits per heavy atom. The van der Waals surface area contributed by atoms with Gasteiger partial charge in [0.05, 0.1) is 5.02 Å². The minimum atomic E-state index is -0.480. The van der Waals surface area contributed by atoms with Gasteiger partial charge in [-0.2, -0.15) is 5.26 Å². The Bertz CT molecular complexity index is 504. The molecule has 0 bridgehead atoms. The predicted molar refractivity (Wildman–Crippen MR) is 89.6 cm³/mol. The summed E-state index contributed by atoms with van der Waals surface area (Å²) >= 11 is 6.02. The van der Waals surface area contributed by atoms with Crippen LogP contribution in [0, 0.1) is 23.1 Å². The van der Waals surface area contributed by atoms with Crippen molar-refractivity contribution in [3.63, 3.8) is 0 Å². The van der Waals surface area contributed by atoms with Crippen LogP contribution in [0.5, 0.6) is 0 Å². The number of hydrogen-bond donors (Lipinski definition) is 0. The van der Waals surface area contributed by atoms with Gasteiger partial charge in [0, 0.05) is 0 Å². The van der Waals surface area contributed by atoms with E-state index in [1.807, 2.05) is 6.07 Å². The van der Waals surface area contributed by atoms with Crippen molar-refractivity contribution in [2.75, 3.05) is 0 Å². The first-order chi connectivity index (χ1) is 10.7. The van der Waals surface area contributed by atoms with Gasteiger partial charge < -0.3 is 0 Å². The van der Waals surface area contributed by atoms with E-state index in [0.717, 1.165) is 24.3 Å². The molecule has 0 unspecified atom stereocenters. The fourth-order valence-corrected chi connectivity index (χ4v) is 3.84. The molecule has 120 valence electrons. The summed E-state index contributed by atoms with van der Waals surface area (Å²) in [6.45, 7) is 2.24. The number of halogens is 2. The zero-order chi connectivity index (χ0) is 15.9. The average Bonchev–Trinajstić information content (AvgIpc) is 2.52. The summed E-state index contributed by atoms with van der Waals surface area (Å²) in [5.41, 5.74) is 0.931. The van der Waals surface area contributed by atoms with Crippen molar-refractivity contribution in [3.05, 3.63) is 34.1 Å². The Labute approximate surface area is 138 Å². The lowest BCUT2D eigenvalue weighted by atomic mass is 9.77. The van der Waals surface area contributed by atoms with Gasteiger partial charge in [0.2, 0.25) is 0 Å². The first-order valence-electron chi connectivity index (χ1n) is 8.54. The standard InChI is InChI=1S/C19H25ClFN/c1-2-3-4-5-6-14-7-9-15(10-8-14)16-11-18(20)17(13-22)19(21)12-16/h11-12,14-15H,2-10H2,1H3/t14-,15-. The summed E-state index contributed by atoms with van der Waals surface area (Å²) in [5, 5.41) is 9.13. The topological polar surface area (TPSA) is 23.8 Å². The van der Waals surface area contributed by atoms with Crippen LogP contribution in [0.15, 0.2) is 12.1 Å². The SMILES string of the molecule is CCCCCC[C@H]1CC[C@H](c2cc(F)c(C#N)c(Cl)c2)CC1. The first-order valence-corrected chi connectivity index (χ1v) is 8.92. The van der Waals surface area contributed by atoms with E-state index in [-0.39, 0.29) is 10.6 Å². The number of nitriles is 1. The van der Waals surface area contributed by atoms with Crippen molar-refractivity contribution in [1.29, 1.82) is 5.26 Å². The molecule has 0 saturated heterocycles. The maximum atomic E-state index is 13.9. The van der Waals surface area contributed by atoms with E-state index in [0.29, 0.717) is 5.92 Å². The highest BCUT2D eigenvalue weighted by Crippen LogP contribution is 2.39. The number of nitrogens with zero attached hydrogens (tertiary/aromatic N) is 1. The maximum Gasteiger partial charge on any atom is 0.142 e. The fourth-order valence-electron chi connectivity index (χ4n) is 3.58. The molecule has 0 aliphatic heterocycles. The van der Waals surface area contributed by atoms with E-state index >= 15 is 0 Å². The Morgan fingerprint density at radius 3 is 2.50 bits per heavy atom. The van der Waals surface area contributed by atoms with Crippen molar-refractivity contribution in [2.24, 2.45) is 5.92 Å². The van der Waals surface area contributed by atoms with E-state index in [9.17, 15) is 4.39 Å². The quantitative estimate of drug-likeness (QED) is 0.542. The Balaban J connectivity index is 1.88. The minimum Gasteiger partial charge on any atom is -0.205 e. The van der Waals surface area contributed by atoms with Crippen LogP contribution in [0.2, 0.25) is 5.02 Å². The van der Waals surface area contributed by atoms with E-state index < -0.39 is 5.82 Å². The van der Waals surface area contributed by atoms with Crippen LogP contribution in [-0.2, 0) is 0 Å². The van der Waals surface area contributed by atoms with Crippen molar-refractivity contribution < 1.29 is 4.39 Å². The third-order valence-corrected chi connectivity index (χ3v) is 5.26. The second kappa shape index (κ2) is 8.53. The zero-order valence-corrected chi connectivity index (χ0v) is 14.1. The second-order valence-electron chi connectivity index (χ2n) is 6.54. The van der Waals surface area contributed by atoms with E-state index in [4.69, 9.17) is 16.9 Å². The Kier molecular flexibility index (Phi) is 6.70. The van der Waals surface area contributed by atoms with Crippen LogP contribution < -0.4 is 0 Å². The third-order valence-electron chi connectivity index (χ3n) is 4.96. The van der Waals surface area contributed by atoms with Gasteiger partial charge in [0.15, 0.2) is 0 Å². The Hall–Kier alpha value is -1.07. The summed E-state index contributed by atoms with van der Waals surface area (Å²) in [6, 6.07) is 5.12. The lowest BCUT2D eigenvalue weighted by Gasteiger charge is -2.29. The van der Waals surface area contributed by atoms with Gasteiger partial charge in [-0.25, -0.2) is 4.39 Å². The van der Waals surface area contributed by atoms with Crippen molar-refractivity contribution in [1.82, 2.24) is 0 Å². The fraction of sp³-hybridized carbons (Fsp3) is 0.632. The first kappa shape index (κ1) is 17.3. The molecule has 22 heavy (non-hydrogen) atoms. The van der Waals surface area contributed by atoms with Crippen LogP contribution in [-0.4, -0.2) is 0 Å². The van der Waals surface area contributed by atoms with Crippen LogP contribution in [0.3, 0.4) is 0 Å². The lowest BCUT2D eigenvalue weighted by Crippen LogP contribution is -2.13. The third kappa shape index (κ3) is 4.46. The van der Waals surface area contributed by atoms with Crippen LogP contribution in [0.1, 0.15) is 81.8 Å². The highest BCUT2D eigenvalue weighted by atomic mass is 35.5. The van der Waals surface area contributed by atoms with Gasteiger partial charge in [0.25, 0.3) is 0 Å². The van der Waals surface area contributed by atoms with Crippen molar-refractivity contribution in [2.45, 2.75) is 70.6 Å². The molecule has 1 nitrogen and oxygen atoms in total. The van der Waals surface area contributed by atoms with Gasteiger partial charge in [0.1, 0.15) is 17.4 Å². The molecular formula is C19H25ClFN. The van der Waals surface area contributed by atoms with Crippen LogP contribution >= 0.6 is 11.6 Å². The van der Waals surface area contributed by atoms with Crippen molar-refractivity contribution in [3.8, 4) is 6.07 Å². The molecule has 0 aromatic heterocycles. The molecule has 0 atom stereocenters. The molecule has 0 radical (unpaired) electrons. The molecule has 0 amide bonds. The summed E-state index contributed by atoms with van der Waals surface area (Å²) < 4.78 is 13.9. The lowest BCUT2D eigenvalue weighted by molar-refractivity contribution is 0.302. The smallest absolute Gasteiger partial charge is 0.142 e. The monoisotopic (exact) mass is 321 g/mol. The van der Waals surface area contributed by atoms with E-state index in [1.54, 1.807) is 6.07 Å². The highest BCUT2D eigenvalue weighted by Gasteiger charge is 2.23. The van der Waals surface area contributed by atoms with Gasteiger partial charge in [-0.3, -0.25) is 0 Å². The van der Waals surface area contributed by atoms with Gasteiger partial charge >= 0.3 is 0 Å².